The van der Waals surface area contributed by atoms with Gasteiger partial charge in [-0.15, -0.1) is 0 Å². The SMILES string of the molecule is COC(=O)c1cc(NS(=O)(=O)CCC2CC2)ccc1O. The largest absolute Gasteiger partial charge is 0.507 e. The summed E-state index contributed by atoms with van der Waals surface area (Å²) in [6, 6.07) is 3.91. The minimum absolute atomic E-state index is 0.0616. The molecule has 0 aliphatic heterocycles. The average Bonchev–Trinajstić information content (AvgIpc) is 3.22. The summed E-state index contributed by atoms with van der Waals surface area (Å²) in [5.41, 5.74) is 0.161. The van der Waals surface area contributed by atoms with Crippen LogP contribution in [0.5, 0.6) is 5.75 Å². The first-order valence-electron chi connectivity index (χ1n) is 6.33. The Morgan fingerprint density at radius 3 is 2.75 bits per heavy atom. The van der Waals surface area contributed by atoms with Crippen molar-refractivity contribution in [2.45, 2.75) is 19.3 Å². The number of hydrogen-bond donors (Lipinski definition) is 2. The molecule has 0 unspecified atom stereocenters. The van der Waals surface area contributed by atoms with Crippen molar-refractivity contribution in [1.29, 1.82) is 0 Å². The van der Waals surface area contributed by atoms with Crippen molar-refractivity contribution in [3.63, 3.8) is 0 Å². The van der Waals surface area contributed by atoms with Gasteiger partial charge in [0.2, 0.25) is 10.0 Å². The Morgan fingerprint density at radius 2 is 2.15 bits per heavy atom. The van der Waals surface area contributed by atoms with Crippen LogP contribution in [0.25, 0.3) is 0 Å². The minimum atomic E-state index is -3.44. The highest BCUT2D eigenvalue weighted by atomic mass is 32.2. The molecule has 2 N–H and O–H groups in total. The highest BCUT2D eigenvalue weighted by Crippen LogP contribution is 2.32. The number of nitrogens with one attached hydrogen (secondary N) is 1. The molecule has 20 heavy (non-hydrogen) atoms. The van der Waals surface area contributed by atoms with E-state index in [9.17, 15) is 18.3 Å². The molecule has 0 amide bonds. The summed E-state index contributed by atoms with van der Waals surface area (Å²) in [5.74, 6) is -0.386. The number of carbonyl (C=O) groups excluding carboxylic acids is 1. The molecule has 1 aromatic rings. The molecule has 6 nitrogen and oxygen atoms in total. The average molecular weight is 299 g/mol. The van der Waals surface area contributed by atoms with Crippen molar-refractivity contribution in [3.8, 4) is 5.75 Å². The molecule has 0 aromatic heterocycles. The standard InChI is InChI=1S/C13H17NO5S/c1-19-13(16)11-8-10(4-5-12(11)15)14-20(17,18)7-6-9-2-3-9/h4-5,8-9,14-15H,2-3,6-7H2,1H3. The van der Waals surface area contributed by atoms with Gasteiger partial charge < -0.3 is 9.84 Å². The fourth-order valence-corrected chi connectivity index (χ4v) is 3.06. The van der Waals surface area contributed by atoms with Gasteiger partial charge in [0.05, 0.1) is 12.9 Å². The molecule has 1 aliphatic rings. The maximum atomic E-state index is 11.9. The van der Waals surface area contributed by atoms with Crippen LogP contribution in [0, 0.1) is 5.92 Å². The van der Waals surface area contributed by atoms with E-state index in [1.807, 2.05) is 0 Å². The zero-order chi connectivity index (χ0) is 14.8. The van der Waals surface area contributed by atoms with Gasteiger partial charge in [-0.05, 0) is 30.5 Å². The van der Waals surface area contributed by atoms with Gasteiger partial charge in [-0.3, -0.25) is 4.72 Å². The van der Waals surface area contributed by atoms with Crippen molar-refractivity contribution in [3.05, 3.63) is 23.8 Å². The van der Waals surface area contributed by atoms with Gasteiger partial charge in [-0.2, -0.15) is 0 Å². The van der Waals surface area contributed by atoms with E-state index in [1.165, 1.54) is 25.3 Å². The molecule has 0 radical (unpaired) electrons. The molecule has 1 saturated carbocycles. The Morgan fingerprint density at radius 1 is 1.45 bits per heavy atom. The predicted octanol–water partition coefficient (Wildman–Crippen LogP) is 1.72. The lowest BCUT2D eigenvalue weighted by Crippen LogP contribution is -2.17. The molecule has 2 rings (SSSR count). The van der Waals surface area contributed by atoms with Crippen LogP contribution in [-0.4, -0.2) is 32.4 Å². The number of anilines is 1. The molecule has 7 heteroatoms. The maximum absolute atomic E-state index is 11.9. The zero-order valence-corrected chi connectivity index (χ0v) is 11.9. The van der Waals surface area contributed by atoms with E-state index >= 15 is 0 Å². The van der Waals surface area contributed by atoms with E-state index < -0.39 is 16.0 Å². The van der Waals surface area contributed by atoms with E-state index in [0.717, 1.165) is 12.8 Å². The van der Waals surface area contributed by atoms with Crippen molar-refractivity contribution in [2.24, 2.45) is 5.92 Å². The first-order chi connectivity index (χ1) is 9.41. The van der Waals surface area contributed by atoms with Crippen LogP contribution in [0.3, 0.4) is 0 Å². The predicted molar refractivity (Wildman–Crippen MR) is 74.2 cm³/mol. The summed E-state index contributed by atoms with van der Waals surface area (Å²) in [6.07, 6.45) is 2.85. The number of ether oxygens (including phenoxy) is 1. The topological polar surface area (TPSA) is 92.7 Å². The number of phenols is 1. The zero-order valence-electron chi connectivity index (χ0n) is 11.1. The summed E-state index contributed by atoms with van der Waals surface area (Å²) < 4.78 is 30.7. The highest BCUT2D eigenvalue weighted by Gasteiger charge is 2.24. The molecule has 0 atom stereocenters. The van der Waals surface area contributed by atoms with Crippen LogP contribution in [0.2, 0.25) is 0 Å². The summed E-state index contributed by atoms with van der Waals surface area (Å²) in [4.78, 5) is 11.4. The first-order valence-corrected chi connectivity index (χ1v) is 7.98. The van der Waals surface area contributed by atoms with Crippen molar-refractivity contribution >= 4 is 21.7 Å². The second-order valence-electron chi connectivity index (χ2n) is 4.88. The summed E-state index contributed by atoms with van der Waals surface area (Å²) in [7, 11) is -2.25. The monoisotopic (exact) mass is 299 g/mol. The lowest BCUT2D eigenvalue weighted by atomic mass is 10.2. The molecular formula is C13H17NO5S. The first kappa shape index (κ1) is 14.6. The molecule has 1 fully saturated rings. The molecule has 0 saturated heterocycles. The Balaban J connectivity index is 2.10. The second-order valence-corrected chi connectivity index (χ2v) is 6.72. The summed E-state index contributed by atoms with van der Waals surface area (Å²) in [5, 5.41) is 9.54. The van der Waals surface area contributed by atoms with E-state index in [0.29, 0.717) is 12.3 Å². The van der Waals surface area contributed by atoms with Crippen molar-refractivity contribution < 1.29 is 23.1 Å². The van der Waals surface area contributed by atoms with Crippen LogP contribution >= 0.6 is 0 Å². The Bertz CT molecular complexity index is 607. The van der Waals surface area contributed by atoms with Gasteiger partial charge in [0.25, 0.3) is 0 Å². The number of hydrogen-bond acceptors (Lipinski definition) is 5. The lowest BCUT2D eigenvalue weighted by Gasteiger charge is -2.09. The fourth-order valence-electron chi connectivity index (χ4n) is 1.83. The van der Waals surface area contributed by atoms with Gasteiger partial charge in [0.15, 0.2) is 0 Å². The van der Waals surface area contributed by atoms with Crippen molar-refractivity contribution in [2.75, 3.05) is 17.6 Å². The van der Waals surface area contributed by atoms with Crippen molar-refractivity contribution in [1.82, 2.24) is 0 Å². The van der Waals surface area contributed by atoms with Gasteiger partial charge in [-0.1, -0.05) is 12.8 Å². The minimum Gasteiger partial charge on any atom is -0.507 e. The Labute approximate surface area is 117 Å². The fraction of sp³-hybridized carbons (Fsp3) is 0.462. The Kier molecular flexibility index (Phi) is 4.17. The number of sulfonamides is 1. The van der Waals surface area contributed by atoms with Gasteiger partial charge in [0.1, 0.15) is 11.3 Å². The van der Waals surface area contributed by atoms with Crippen LogP contribution in [0.4, 0.5) is 5.69 Å². The second kappa shape index (κ2) is 5.70. The summed E-state index contributed by atoms with van der Waals surface area (Å²) in [6.45, 7) is 0. The number of carbonyl (C=O) groups is 1. The lowest BCUT2D eigenvalue weighted by molar-refractivity contribution is 0.0597. The number of benzene rings is 1. The van der Waals surface area contributed by atoms with Gasteiger partial charge >= 0.3 is 5.97 Å². The van der Waals surface area contributed by atoms with E-state index in [1.54, 1.807) is 0 Å². The quantitative estimate of drug-likeness (QED) is 0.616. The van der Waals surface area contributed by atoms with E-state index in [2.05, 4.69) is 9.46 Å². The Hall–Kier alpha value is -1.76. The molecule has 1 aromatic carbocycles. The molecule has 1 aliphatic carbocycles. The van der Waals surface area contributed by atoms with Crippen LogP contribution in [0.1, 0.15) is 29.6 Å². The summed E-state index contributed by atoms with van der Waals surface area (Å²) >= 11 is 0. The molecular weight excluding hydrogens is 282 g/mol. The number of rotatable bonds is 6. The number of phenolic OH excluding ortho intramolecular Hbond substituents is 1. The smallest absolute Gasteiger partial charge is 0.341 e. The molecule has 0 spiro atoms. The highest BCUT2D eigenvalue weighted by molar-refractivity contribution is 7.92. The van der Waals surface area contributed by atoms with Crippen LogP contribution in [-0.2, 0) is 14.8 Å². The van der Waals surface area contributed by atoms with Crippen LogP contribution in [0.15, 0.2) is 18.2 Å². The number of esters is 1. The van der Waals surface area contributed by atoms with Gasteiger partial charge in [-0.25, -0.2) is 13.2 Å². The number of methoxy groups -OCH3 is 1. The molecule has 0 heterocycles. The normalized spacial score (nSPS) is 14.8. The molecule has 0 bridgehead atoms. The molecule has 110 valence electrons. The third-order valence-electron chi connectivity index (χ3n) is 3.17. The van der Waals surface area contributed by atoms with E-state index in [4.69, 9.17) is 0 Å². The third-order valence-corrected chi connectivity index (χ3v) is 4.49. The van der Waals surface area contributed by atoms with E-state index in [-0.39, 0.29) is 22.8 Å². The maximum Gasteiger partial charge on any atom is 0.341 e. The number of aromatic hydroxyl groups is 1. The third kappa shape index (κ3) is 3.86. The van der Waals surface area contributed by atoms with Crippen LogP contribution < -0.4 is 4.72 Å². The van der Waals surface area contributed by atoms with Gasteiger partial charge in [0, 0.05) is 5.69 Å².